The summed E-state index contributed by atoms with van der Waals surface area (Å²) >= 11 is 1.40. The topological polar surface area (TPSA) is 56.2 Å². The zero-order valence-electron chi connectivity index (χ0n) is 7.47. The Bertz CT molecular complexity index is 651. The van der Waals surface area contributed by atoms with Crippen molar-refractivity contribution >= 4 is 21.6 Å². The van der Waals surface area contributed by atoms with E-state index in [4.69, 9.17) is 8.83 Å². The number of nitrogens with zero attached hydrogens (tertiary/aromatic N) is 1. The van der Waals surface area contributed by atoms with Gasteiger partial charge in [0, 0.05) is 0 Å². The van der Waals surface area contributed by atoms with E-state index in [1.807, 2.05) is 0 Å². The molecule has 3 aromatic rings. The lowest BCUT2D eigenvalue weighted by atomic mass is 10.4. The molecular formula is C10H5NO3S. The lowest BCUT2D eigenvalue weighted by molar-refractivity contribution is 0.483. The third-order valence-electron chi connectivity index (χ3n) is 1.99. The molecule has 0 atom stereocenters. The molecule has 0 radical (unpaired) electrons. The number of aromatic nitrogens is 1. The Morgan fingerprint density at radius 3 is 3.07 bits per heavy atom. The number of rotatable bonds is 1. The fourth-order valence-electron chi connectivity index (χ4n) is 1.31. The summed E-state index contributed by atoms with van der Waals surface area (Å²) in [5.41, 5.74) is -0.382. The first-order valence-corrected chi connectivity index (χ1v) is 5.15. The van der Waals surface area contributed by atoms with E-state index in [1.54, 1.807) is 23.6 Å². The molecule has 3 heterocycles. The van der Waals surface area contributed by atoms with Crippen molar-refractivity contribution < 1.29 is 8.83 Å². The summed E-state index contributed by atoms with van der Waals surface area (Å²) in [6.45, 7) is 0. The van der Waals surface area contributed by atoms with E-state index in [0.29, 0.717) is 16.0 Å². The number of hydrogen-bond acceptors (Lipinski definition) is 5. The van der Waals surface area contributed by atoms with Crippen LogP contribution < -0.4 is 5.63 Å². The summed E-state index contributed by atoms with van der Waals surface area (Å²) in [6, 6.07) is 5.12. The number of furan rings is 1. The molecule has 5 heteroatoms. The summed E-state index contributed by atoms with van der Waals surface area (Å²) in [5.74, 6) is 0.683. The molecule has 0 saturated carbocycles. The second-order valence-corrected chi connectivity index (χ2v) is 3.82. The van der Waals surface area contributed by atoms with E-state index in [-0.39, 0.29) is 11.5 Å². The molecule has 0 bridgehead atoms. The molecule has 74 valence electrons. The van der Waals surface area contributed by atoms with Crippen molar-refractivity contribution in [2.75, 3.05) is 0 Å². The molecule has 0 aliphatic carbocycles. The fraction of sp³-hybridized carbons (Fsp3) is 0. The predicted molar refractivity (Wildman–Crippen MR) is 55.9 cm³/mol. The molecular weight excluding hydrogens is 214 g/mol. The molecule has 3 rings (SSSR count). The molecule has 0 aliphatic heterocycles. The van der Waals surface area contributed by atoms with E-state index in [1.165, 1.54) is 17.6 Å². The van der Waals surface area contributed by atoms with Crippen molar-refractivity contribution in [3.05, 3.63) is 40.3 Å². The highest BCUT2D eigenvalue weighted by Crippen LogP contribution is 2.21. The molecule has 0 aromatic carbocycles. The monoisotopic (exact) mass is 219 g/mol. The lowest BCUT2D eigenvalue weighted by Gasteiger charge is -1.93. The van der Waals surface area contributed by atoms with Crippen molar-refractivity contribution in [3.63, 3.8) is 0 Å². The van der Waals surface area contributed by atoms with Crippen LogP contribution in [-0.4, -0.2) is 4.98 Å². The van der Waals surface area contributed by atoms with Crippen LogP contribution in [0.5, 0.6) is 0 Å². The first-order valence-electron chi connectivity index (χ1n) is 4.27. The molecule has 0 spiro atoms. The molecule has 0 unspecified atom stereocenters. The zero-order chi connectivity index (χ0) is 10.3. The second-order valence-electron chi connectivity index (χ2n) is 2.92. The summed E-state index contributed by atoms with van der Waals surface area (Å²) in [7, 11) is 0. The normalized spacial score (nSPS) is 10.9. The fourth-order valence-corrected chi connectivity index (χ4v) is 2.05. The van der Waals surface area contributed by atoms with Gasteiger partial charge in [0.05, 0.1) is 11.6 Å². The molecule has 0 fully saturated rings. The highest BCUT2D eigenvalue weighted by molar-refractivity contribution is 7.16. The Morgan fingerprint density at radius 1 is 1.33 bits per heavy atom. The summed E-state index contributed by atoms with van der Waals surface area (Å²) in [4.78, 5) is 16.4. The van der Waals surface area contributed by atoms with Gasteiger partial charge >= 0.3 is 5.63 Å². The van der Waals surface area contributed by atoms with Gasteiger partial charge in [-0.15, -0.1) is 11.3 Å². The molecule has 3 aromatic heterocycles. The van der Waals surface area contributed by atoms with Gasteiger partial charge < -0.3 is 8.83 Å². The van der Waals surface area contributed by atoms with Gasteiger partial charge in [-0.05, 0) is 23.6 Å². The average Bonchev–Trinajstić information content (AvgIpc) is 2.88. The second kappa shape index (κ2) is 3.06. The van der Waals surface area contributed by atoms with E-state index in [2.05, 4.69) is 4.98 Å². The molecule has 0 N–H and O–H groups in total. The maximum atomic E-state index is 11.5. The van der Waals surface area contributed by atoms with E-state index in [9.17, 15) is 4.79 Å². The van der Waals surface area contributed by atoms with Crippen LogP contribution in [0.1, 0.15) is 0 Å². The SMILES string of the molecule is O=c1oc(-c2ccco2)nc2sccc12. The van der Waals surface area contributed by atoms with E-state index < -0.39 is 0 Å². The minimum Gasteiger partial charge on any atom is -0.459 e. The van der Waals surface area contributed by atoms with Gasteiger partial charge in [-0.1, -0.05) is 0 Å². The van der Waals surface area contributed by atoms with Crippen LogP contribution in [0.15, 0.2) is 43.5 Å². The maximum absolute atomic E-state index is 11.5. The van der Waals surface area contributed by atoms with Crippen LogP contribution in [0.3, 0.4) is 0 Å². The van der Waals surface area contributed by atoms with Crippen molar-refractivity contribution in [2.24, 2.45) is 0 Å². The Balaban J connectivity index is 2.34. The predicted octanol–water partition coefficient (Wildman–Crippen LogP) is 2.51. The van der Waals surface area contributed by atoms with Crippen molar-refractivity contribution in [1.29, 1.82) is 0 Å². The number of fused-ring (bicyclic) bond motifs is 1. The van der Waals surface area contributed by atoms with Gasteiger partial charge in [0.1, 0.15) is 4.83 Å². The number of thiophene rings is 1. The molecule has 15 heavy (non-hydrogen) atoms. The van der Waals surface area contributed by atoms with Crippen LogP contribution in [0.25, 0.3) is 21.9 Å². The van der Waals surface area contributed by atoms with Crippen molar-refractivity contribution in [3.8, 4) is 11.7 Å². The van der Waals surface area contributed by atoms with Crippen molar-refractivity contribution in [2.45, 2.75) is 0 Å². The van der Waals surface area contributed by atoms with Gasteiger partial charge in [0.2, 0.25) is 0 Å². The first-order chi connectivity index (χ1) is 7.34. The highest BCUT2D eigenvalue weighted by Gasteiger charge is 2.10. The molecule has 0 saturated heterocycles. The van der Waals surface area contributed by atoms with Gasteiger partial charge in [0.15, 0.2) is 5.76 Å². The summed E-state index contributed by atoms with van der Waals surface area (Å²) in [6.07, 6.45) is 1.51. The Morgan fingerprint density at radius 2 is 2.27 bits per heavy atom. The van der Waals surface area contributed by atoms with Gasteiger partial charge in [-0.25, -0.2) is 4.79 Å². The third-order valence-corrected chi connectivity index (χ3v) is 2.80. The smallest absolute Gasteiger partial charge is 0.348 e. The van der Waals surface area contributed by atoms with Gasteiger partial charge in [-0.3, -0.25) is 0 Å². The standard InChI is InChI=1S/C10H5NO3S/c12-10-6-3-5-15-9(6)11-8(14-10)7-2-1-4-13-7/h1-5H. The zero-order valence-corrected chi connectivity index (χ0v) is 8.28. The average molecular weight is 219 g/mol. The first kappa shape index (κ1) is 8.43. The largest absolute Gasteiger partial charge is 0.459 e. The Labute approximate surface area is 87.8 Å². The van der Waals surface area contributed by atoms with Crippen LogP contribution in [-0.2, 0) is 0 Å². The van der Waals surface area contributed by atoms with Crippen LogP contribution in [0.4, 0.5) is 0 Å². The van der Waals surface area contributed by atoms with Crippen molar-refractivity contribution in [1.82, 2.24) is 4.98 Å². The number of hydrogen-bond donors (Lipinski definition) is 0. The molecule has 0 aliphatic rings. The third kappa shape index (κ3) is 1.28. The molecule has 0 amide bonds. The Hall–Kier alpha value is -1.88. The highest BCUT2D eigenvalue weighted by atomic mass is 32.1. The summed E-state index contributed by atoms with van der Waals surface area (Å²) < 4.78 is 10.1. The maximum Gasteiger partial charge on any atom is 0.348 e. The Kier molecular flexibility index (Phi) is 1.72. The quantitative estimate of drug-likeness (QED) is 0.631. The van der Waals surface area contributed by atoms with E-state index >= 15 is 0 Å². The van der Waals surface area contributed by atoms with Crippen LogP contribution in [0, 0.1) is 0 Å². The minimum atomic E-state index is -0.382. The van der Waals surface area contributed by atoms with Crippen LogP contribution >= 0.6 is 11.3 Å². The lowest BCUT2D eigenvalue weighted by Crippen LogP contribution is -2.00. The van der Waals surface area contributed by atoms with Gasteiger partial charge in [0.25, 0.3) is 5.89 Å². The van der Waals surface area contributed by atoms with Crippen LogP contribution in [0.2, 0.25) is 0 Å². The van der Waals surface area contributed by atoms with E-state index in [0.717, 1.165) is 0 Å². The van der Waals surface area contributed by atoms with Gasteiger partial charge in [-0.2, -0.15) is 4.98 Å². The minimum absolute atomic E-state index is 0.222. The summed E-state index contributed by atoms with van der Waals surface area (Å²) in [5, 5.41) is 2.32. The molecule has 4 nitrogen and oxygen atoms in total.